The van der Waals surface area contributed by atoms with Crippen LogP contribution in [-0.2, 0) is 11.3 Å². The number of likely N-dealkylation sites (tertiary alicyclic amines) is 1. The molecule has 3 rings (SSSR count). The predicted octanol–water partition coefficient (Wildman–Crippen LogP) is 5.12. The zero-order valence-electron chi connectivity index (χ0n) is 15.8. The molecule has 1 fully saturated rings. The Kier molecular flexibility index (Phi) is 6.00. The lowest BCUT2D eigenvalue weighted by Gasteiger charge is -2.32. The molecular weight excluding hydrogens is 344 g/mol. The highest BCUT2D eigenvalue weighted by molar-refractivity contribution is 6.30. The van der Waals surface area contributed by atoms with E-state index in [9.17, 15) is 4.79 Å². The Morgan fingerprint density at radius 1 is 1.15 bits per heavy atom. The summed E-state index contributed by atoms with van der Waals surface area (Å²) in [5, 5.41) is 3.94. The first-order chi connectivity index (χ1) is 12.4. The molecule has 138 valence electrons. The van der Waals surface area contributed by atoms with Gasteiger partial charge in [0.05, 0.1) is 5.92 Å². The summed E-state index contributed by atoms with van der Waals surface area (Å²) in [6.45, 7) is 8.91. The number of nitrogens with one attached hydrogen (secondary N) is 1. The van der Waals surface area contributed by atoms with Crippen LogP contribution in [0, 0.1) is 26.7 Å². The molecule has 1 aliphatic rings. The molecule has 0 radical (unpaired) electrons. The Hall–Kier alpha value is -1.84. The average Bonchev–Trinajstić information content (AvgIpc) is 2.60. The number of amides is 1. The fraction of sp³-hybridized carbons (Fsp3) is 0.409. The van der Waals surface area contributed by atoms with Crippen LogP contribution in [0.4, 0.5) is 5.69 Å². The molecule has 1 heterocycles. The van der Waals surface area contributed by atoms with E-state index in [-0.39, 0.29) is 11.8 Å². The zero-order valence-corrected chi connectivity index (χ0v) is 16.6. The molecule has 0 aliphatic carbocycles. The summed E-state index contributed by atoms with van der Waals surface area (Å²) in [5.74, 6) is 0.178. The number of anilines is 1. The number of piperidine rings is 1. The van der Waals surface area contributed by atoms with Crippen molar-refractivity contribution in [3.63, 3.8) is 0 Å². The third-order valence-electron chi connectivity index (χ3n) is 5.12. The van der Waals surface area contributed by atoms with Crippen molar-refractivity contribution < 1.29 is 4.79 Å². The van der Waals surface area contributed by atoms with E-state index in [0.29, 0.717) is 0 Å². The van der Waals surface area contributed by atoms with Crippen LogP contribution in [0.2, 0.25) is 5.02 Å². The summed E-state index contributed by atoms with van der Waals surface area (Å²) in [6, 6.07) is 12.2. The van der Waals surface area contributed by atoms with Gasteiger partial charge in [-0.15, -0.1) is 0 Å². The highest BCUT2D eigenvalue weighted by Crippen LogP contribution is 2.25. The van der Waals surface area contributed by atoms with Crippen LogP contribution in [0.3, 0.4) is 0 Å². The van der Waals surface area contributed by atoms with E-state index in [1.807, 2.05) is 12.1 Å². The Morgan fingerprint density at radius 2 is 1.81 bits per heavy atom. The van der Waals surface area contributed by atoms with Gasteiger partial charge < -0.3 is 5.32 Å². The number of benzene rings is 2. The minimum atomic E-state index is 0.0381. The normalized spacial score (nSPS) is 17.9. The van der Waals surface area contributed by atoms with Gasteiger partial charge in [-0.1, -0.05) is 41.4 Å². The Morgan fingerprint density at radius 3 is 2.46 bits per heavy atom. The third kappa shape index (κ3) is 4.66. The Labute approximate surface area is 161 Å². The second kappa shape index (κ2) is 8.24. The number of hydrogen-bond donors (Lipinski definition) is 1. The molecule has 4 heteroatoms. The molecule has 3 nitrogen and oxygen atoms in total. The van der Waals surface area contributed by atoms with Gasteiger partial charge in [0.1, 0.15) is 0 Å². The van der Waals surface area contributed by atoms with Crippen molar-refractivity contribution in [3.05, 3.63) is 63.7 Å². The fourth-order valence-corrected chi connectivity index (χ4v) is 3.99. The number of halogens is 1. The first kappa shape index (κ1) is 18.9. The number of rotatable bonds is 4. The second-order valence-electron chi connectivity index (χ2n) is 7.46. The summed E-state index contributed by atoms with van der Waals surface area (Å²) in [7, 11) is 0. The molecule has 1 amide bonds. The molecule has 0 unspecified atom stereocenters. The first-order valence-corrected chi connectivity index (χ1v) is 9.65. The topological polar surface area (TPSA) is 32.3 Å². The number of carbonyl (C=O) groups is 1. The number of aryl methyl sites for hydroxylation is 3. The minimum absolute atomic E-state index is 0.0381. The van der Waals surface area contributed by atoms with Crippen LogP contribution >= 0.6 is 11.6 Å². The van der Waals surface area contributed by atoms with Crippen molar-refractivity contribution in [3.8, 4) is 0 Å². The van der Waals surface area contributed by atoms with Crippen molar-refractivity contribution in [1.29, 1.82) is 0 Å². The van der Waals surface area contributed by atoms with Crippen molar-refractivity contribution >= 4 is 23.2 Å². The van der Waals surface area contributed by atoms with Gasteiger partial charge in [-0.25, -0.2) is 0 Å². The molecule has 1 saturated heterocycles. The van der Waals surface area contributed by atoms with Gasteiger partial charge in [-0.3, -0.25) is 9.69 Å². The lowest BCUT2D eigenvalue weighted by molar-refractivity contribution is -0.121. The Balaban J connectivity index is 1.64. The van der Waals surface area contributed by atoms with E-state index in [1.165, 1.54) is 11.1 Å². The van der Waals surface area contributed by atoms with E-state index in [0.717, 1.165) is 54.3 Å². The van der Waals surface area contributed by atoms with Gasteiger partial charge in [0.15, 0.2) is 0 Å². The minimum Gasteiger partial charge on any atom is -0.325 e. The third-order valence-corrected chi connectivity index (χ3v) is 5.37. The van der Waals surface area contributed by atoms with Crippen LogP contribution < -0.4 is 5.32 Å². The maximum absolute atomic E-state index is 12.8. The van der Waals surface area contributed by atoms with Crippen molar-refractivity contribution in [2.75, 3.05) is 18.4 Å². The summed E-state index contributed by atoms with van der Waals surface area (Å²) in [5.41, 5.74) is 5.69. The highest BCUT2D eigenvalue weighted by atomic mass is 35.5. The molecule has 2 aromatic carbocycles. The average molecular weight is 371 g/mol. The molecule has 1 N–H and O–H groups in total. The van der Waals surface area contributed by atoms with Crippen LogP contribution in [0.15, 0.2) is 36.4 Å². The molecule has 0 spiro atoms. The molecule has 0 aromatic heterocycles. The maximum atomic E-state index is 12.8. The fourth-order valence-electron chi connectivity index (χ4n) is 3.86. The standard InChI is InChI=1S/C22H27ClN2O/c1-15-11-16(2)21(17(3)12-15)24-22(26)19-5-4-10-25(14-19)13-18-6-8-20(23)9-7-18/h6-9,11-12,19H,4-5,10,13-14H2,1-3H3,(H,24,26)/t19-/m1/s1. The smallest absolute Gasteiger partial charge is 0.228 e. The molecular formula is C22H27ClN2O. The summed E-state index contributed by atoms with van der Waals surface area (Å²) < 4.78 is 0. The maximum Gasteiger partial charge on any atom is 0.228 e. The molecule has 0 saturated carbocycles. The molecule has 0 bridgehead atoms. The molecule has 2 aromatic rings. The monoisotopic (exact) mass is 370 g/mol. The van der Waals surface area contributed by atoms with Gasteiger partial charge in [-0.05, 0) is 69.0 Å². The van der Waals surface area contributed by atoms with Crippen LogP contribution in [0.1, 0.15) is 35.1 Å². The quantitative estimate of drug-likeness (QED) is 0.810. The second-order valence-corrected chi connectivity index (χ2v) is 7.90. The SMILES string of the molecule is Cc1cc(C)c(NC(=O)[C@@H]2CCCN(Cc3ccc(Cl)cc3)C2)c(C)c1. The van der Waals surface area contributed by atoms with Crippen LogP contribution in [-0.4, -0.2) is 23.9 Å². The van der Waals surface area contributed by atoms with Crippen LogP contribution in [0.5, 0.6) is 0 Å². The number of hydrogen-bond acceptors (Lipinski definition) is 2. The van der Waals surface area contributed by atoms with E-state index in [4.69, 9.17) is 11.6 Å². The van der Waals surface area contributed by atoms with Gasteiger partial charge in [0.25, 0.3) is 0 Å². The van der Waals surface area contributed by atoms with E-state index in [2.05, 4.69) is 55.3 Å². The number of nitrogens with zero attached hydrogens (tertiary/aromatic N) is 1. The molecule has 26 heavy (non-hydrogen) atoms. The molecule has 1 atom stereocenters. The summed E-state index contributed by atoms with van der Waals surface area (Å²) in [4.78, 5) is 15.2. The van der Waals surface area contributed by atoms with Crippen LogP contribution in [0.25, 0.3) is 0 Å². The van der Waals surface area contributed by atoms with E-state index >= 15 is 0 Å². The predicted molar refractivity (Wildman–Crippen MR) is 109 cm³/mol. The lowest BCUT2D eigenvalue weighted by atomic mass is 9.96. The van der Waals surface area contributed by atoms with Crippen molar-refractivity contribution in [1.82, 2.24) is 4.90 Å². The van der Waals surface area contributed by atoms with Gasteiger partial charge >= 0.3 is 0 Å². The van der Waals surface area contributed by atoms with Gasteiger partial charge in [0, 0.05) is 23.8 Å². The largest absolute Gasteiger partial charge is 0.325 e. The van der Waals surface area contributed by atoms with Crippen molar-refractivity contribution in [2.45, 2.75) is 40.2 Å². The zero-order chi connectivity index (χ0) is 18.7. The van der Waals surface area contributed by atoms with Gasteiger partial charge in [-0.2, -0.15) is 0 Å². The highest BCUT2D eigenvalue weighted by Gasteiger charge is 2.26. The van der Waals surface area contributed by atoms with Gasteiger partial charge in [0.2, 0.25) is 5.91 Å². The lowest BCUT2D eigenvalue weighted by Crippen LogP contribution is -2.40. The molecule has 1 aliphatic heterocycles. The first-order valence-electron chi connectivity index (χ1n) is 9.28. The Bertz CT molecular complexity index is 762. The summed E-state index contributed by atoms with van der Waals surface area (Å²) >= 11 is 5.96. The number of carbonyl (C=O) groups excluding carboxylic acids is 1. The van der Waals surface area contributed by atoms with E-state index < -0.39 is 0 Å². The summed E-state index contributed by atoms with van der Waals surface area (Å²) in [6.07, 6.45) is 2.00. The van der Waals surface area contributed by atoms with E-state index in [1.54, 1.807) is 0 Å². The van der Waals surface area contributed by atoms with Crippen molar-refractivity contribution in [2.24, 2.45) is 5.92 Å².